The molecule has 3 heterocycles. The number of piperidine rings is 2. The van der Waals surface area contributed by atoms with Crippen molar-refractivity contribution in [3.8, 4) is 0 Å². The average molecular weight is 295 g/mol. The number of piperazine rings is 1. The van der Waals surface area contributed by atoms with Crippen molar-refractivity contribution in [3.05, 3.63) is 0 Å². The zero-order valence-corrected chi connectivity index (χ0v) is 13.6. The molecule has 0 spiro atoms. The Kier molecular flexibility index (Phi) is 6.34. The highest BCUT2D eigenvalue weighted by Gasteiger charge is 2.29. The van der Waals surface area contributed by atoms with Crippen LogP contribution in [0.1, 0.15) is 38.5 Å². The van der Waals surface area contributed by atoms with Gasteiger partial charge in [0.1, 0.15) is 0 Å². The van der Waals surface area contributed by atoms with Crippen LogP contribution in [-0.2, 0) is 4.74 Å². The second kappa shape index (κ2) is 8.47. The van der Waals surface area contributed by atoms with E-state index in [1.54, 1.807) is 0 Å². The van der Waals surface area contributed by atoms with Crippen molar-refractivity contribution in [3.63, 3.8) is 0 Å². The number of hydrogen-bond acceptors (Lipinski definition) is 4. The van der Waals surface area contributed by atoms with Crippen LogP contribution in [0.5, 0.6) is 0 Å². The second-order valence-electron chi connectivity index (χ2n) is 7.13. The van der Waals surface area contributed by atoms with Gasteiger partial charge < -0.3 is 15.0 Å². The predicted molar refractivity (Wildman–Crippen MR) is 86.7 cm³/mol. The lowest BCUT2D eigenvalue weighted by Gasteiger charge is -2.42. The Labute approximate surface area is 130 Å². The number of rotatable bonds is 6. The van der Waals surface area contributed by atoms with E-state index in [4.69, 9.17) is 4.74 Å². The maximum atomic E-state index is 5.97. The Bertz CT molecular complexity index is 294. The predicted octanol–water partition coefficient (Wildman–Crippen LogP) is 1.56. The first-order valence-electron chi connectivity index (χ1n) is 9.17. The summed E-state index contributed by atoms with van der Waals surface area (Å²) in [4.78, 5) is 5.29. The van der Waals surface area contributed by atoms with E-state index in [9.17, 15) is 0 Å². The number of hydrogen-bond donors (Lipinski definition) is 1. The van der Waals surface area contributed by atoms with Crippen LogP contribution in [0.2, 0.25) is 0 Å². The summed E-state index contributed by atoms with van der Waals surface area (Å²) in [6, 6.07) is 0.800. The van der Waals surface area contributed by atoms with Crippen LogP contribution in [0, 0.1) is 5.92 Å². The normalized spacial score (nSPS) is 32.0. The highest BCUT2D eigenvalue weighted by atomic mass is 16.5. The van der Waals surface area contributed by atoms with Crippen molar-refractivity contribution in [2.75, 3.05) is 59.0 Å². The molecule has 4 heteroatoms. The van der Waals surface area contributed by atoms with E-state index in [2.05, 4.69) is 15.1 Å². The van der Waals surface area contributed by atoms with Crippen molar-refractivity contribution in [1.29, 1.82) is 0 Å². The van der Waals surface area contributed by atoms with Gasteiger partial charge in [0, 0.05) is 45.4 Å². The lowest BCUT2D eigenvalue weighted by atomic mass is 9.92. The molecule has 3 saturated heterocycles. The van der Waals surface area contributed by atoms with E-state index in [-0.39, 0.29) is 0 Å². The van der Waals surface area contributed by atoms with Gasteiger partial charge >= 0.3 is 0 Å². The number of fused-ring (bicyclic) bond motifs is 1. The van der Waals surface area contributed by atoms with Crippen LogP contribution in [0.15, 0.2) is 0 Å². The monoisotopic (exact) mass is 295 g/mol. The van der Waals surface area contributed by atoms with Crippen LogP contribution >= 0.6 is 0 Å². The van der Waals surface area contributed by atoms with Crippen molar-refractivity contribution in [1.82, 2.24) is 15.1 Å². The molecule has 3 aliphatic rings. The molecule has 0 amide bonds. The van der Waals surface area contributed by atoms with Crippen LogP contribution in [0.3, 0.4) is 0 Å². The Hall–Kier alpha value is -0.160. The lowest BCUT2D eigenvalue weighted by Crippen LogP contribution is -2.55. The van der Waals surface area contributed by atoms with Gasteiger partial charge in [0.15, 0.2) is 0 Å². The smallest absolute Gasteiger partial charge is 0.0506 e. The topological polar surface area (TPSA) is 27.7 Å². The minimum absolute atomic E-state index is 0.773. The first-order chi connectivity index (χ1) is 10.4. The molecule has 0 aromatic carbocycles. The first-order valence-corrected chi connectivity index (χ1v) is 9.17. The third-order valence-corrected chi connectivity index (χ3v) is 5.44. The fraction of sp³-hybridized carbons (Fsp3) is 1.00. The minimum atomic E-state index is 0.773. The summed E-state index contributed by atoms with van der Waals surface area (Å²) in [5.74, 6) is 0.773. The summed E-state index contributed by atoms with van der Waals surface area (Å²) in [5, 5.41) is 3.51. The molecule has 3 aliphatic heterocycles. The molecule has 0 saturated carbocycles. The maximum absolute atomic E-state index is 5.97. The van der Waals surface area contributed by atoms with Crippen LogP contribution in [0.4, 0.5) is 0 Å². The number of likely N-dealkylation sites (tertiary alicyclic amines) is 1. The van der Waals surface area contributed by atoms with Crippen molar-refractivity contribution >= 4 is 0 Å². The van der Waals surface area contributed by atoms with Gasteiger partial charge in [-0.15, -0.1) is 0 Å². The molecule has 4 nitrogen and oxygen atoms in total. The maximum Gasteiger partial charge on any atom is 0.0506 e. The molecule has 3 rings (SSSR count). The lowest BCUT2D eigenvalue weighted by molar-refractivity contribution is 0.0266. The van der Waals surface area contributed by atoms with Crippen molar-refractivity contribution < 1.29 is 4.74 Å². The molecule has 122 valence electrons. The van der Waals surface area contributed by atoms with E-state index in [1.807, 2.05) is 0 Å². The van der Waals surface area contributed by atoms with E-state index in [0.717, 1.165) is 25.2 Å². The van der Waals surface area contributed by atoms with E-state index < -0.39 is 0 Å². The SMILES string of the molecule is C1CCN(CCCOCC2CCC3CNCCN3C2)CC1. The molecule has 3 fully saturated rings. The highest BCUT2D eigenvalue weighted by Crippen LogP contribution is 2.23. The first kappa shape index (κ1) is 15.7. The Morgan fingerprint density at radius 2 is 1.95 bits per heavy atom. The van der Waals surface area contributed by atoms with E-state index in [0.29, 0.717) is 0 Å². The summed E-state index contributed by atoms with van der Waals surface area (Å²) in [6.07, 6.45) is 8.15. The molecule has 0 radical (unpaired) electrons. The molecule has 0 aromatic rings. The molecule has 0 bridgehead atoms. The second-order valence-corrected chi connectivity index (χ2v) is 7.13. The van der Waals surface area contributed by atoms with E-state index >= 15 is 0 Å². The zero-order valence-electron chi connectivity index (χ0n) is 13.6. The van der Waals surface area contributed by atoms with Crippen LogP contribution in [-0.4, -0.2) is 74.9 Å². The summed E-state index contributed by atoms with van der Waals surface area (Å²) in [6.45, 7) is 10.7. The molecule has 0 aliphatic carbocycles. The third-order valence-electron chi connectivity index (χ3n) is 5.44. The third kappa shape index (κ3) is 4.92. The van der Waals surface area contributed by atoms with Gasteiger partial charge in [-0.3, -0.25) is 4.90 Å². The fourth-order valence-electron chi connectivity index (χ4n) is 4.14. The van der Waals surface area contributed by atoms with Gasteiger partial charge in [-0.1, -0.05) is 6.42 Å². The molecule has 0 aromatic heterocycles. The summed E-state index contributed by atoms with van der Waals surface area (Å²) in [7, 11) is 0. The Balaban J connectivity index is 1.24. The number of ether oxygens (including phenoxy) is 1. The standard InChI is InChI=1S/C17H33N3O/c1-2-8-19(9-3-1)10-4-12-21-15-16-5-6-17-13-18-7-11-20(17)14-16/h16-18H,1-15H2. The Morgan fingerprint density at radius 1 is 1.05 bits per heavy atom. The minimum Gasteiger partial charge on any atom is -0.381 e. The molecular weight excluding hydrogens is 262 g/mol. The van der Waals surface area contributed by atoms with Gasteiger partial charge in [-0.05, 0) is 51.1 Å². The van der Waals surface area contributed by atoms with Gasteiger partial charge in [-0.2, -0.15) is 0 Å². The molecular formula is C17H33N3O. The molecule has 1 N–H and O–H groups in total. The van der Waals surface area contributed by atoms with Gasteiger partial charge in [0.05, 0.1) is 6.61 Å². The number of nitrogens with one attached hydrogen (secondary N) is 1. The number of nitrogens with zero attached hydrogens (tertiary/aromatic N) is 2. The highest BCUT2D eigenvalue weighted by molar-refractivity contribution is 4.86. The van der Waals surface area contributed by atoms with Gasteiger partial charge in [0.2, 0.25) is 0 Å². The Morgan fingerprint density at radius 3 is 2.86 bits per heavy atom. The quantitative estimate of drug-likeness (QED) is 0.753. The van der Waals surface area contributed by atoms with Crippen LogP contribution in [0.25, 0.3) is 0 Å². The fourth-order valence-corrected chi connectivity index (χ4v) is 4.14. The molecule has 21 heavy (non-hydrogen) atoms. The zero-order chi connectivity index (χ0) is 14.3. The van der Waals surface area contributed by atoms with Gasteiger partial charge in [0.25, 0.3) is 0 Å². The average Bonchev–Trinajstić information content (AvgIpc) is 2.55. The summed E-state index contributed by atoms with van der Waals surface area (Å²) >= 11 is 0. The van der Waals surface area contributed by atoms with Crippen molar-refractivity contribution in [2.24, 2.45) is 5.92 Å². The summed E-state index contributed by atoms with van der Waals surface area (Å²) < 4.78 is 5.97. The largest absolute Gasteiger partial charge is 0.381 e. The molecule has 2 atom stereocenters. The van der Waals surface area contributed by atoms with Crippen molar-refractivity contribution in [2.45, 2.75) is 44.6 Å². The van der Waals surface area contributed by atoms with Crippen LogP contribution < -0.4 is 5.32 Å². The summed E-state index contributed by atoms with van der Waals surface area (Å²) in [5.41, 5.74) is 0. The van der Waals surface area contributed by atoms with Gasteiger partial charge in [-0.25, -0.2) is 0 Å². The van der Waals surface area contributed by atoms with E-state index in [1.165, 1.54) is 84.3 Å². The molecule has 2 unspecified atom stereocenters.